The number of carbonyl (C=O) groups excluding carboxylic acids is 1. The Balaban J connectivity index is 1.87. The Morgan fingerprint density at radius 1 is 1.04 bits per heavy atom. The van der Waals surface area contributed by atoms with Crippen LogP contribution < -0.4 is 10.0 Å². The third kappa shape index (κ3) is 5.08. The summed E-state index contributed by atoms with van der Waals surface area (Å²) in [5.41, 5.74) is 0.0923. The first kappa shape index (κ1) is 18.5. The molecule has 0 radical (unpaired) electrons. The molecule has 0 aromatic heterocycles. The molecule has 5 nitrogen and oxygen atoms in total. The standard InChI is InChI=1S/C15H13BrF2N2O3S/c16-10-1-4-12(5-2-10)24(22,23)19-8-7-15(21)20-11-3-6-13(17)14(18)9-11/h1-6,9,19H,7-8H2,(H,20,21). The molecule has 2 rings (SSSR count). The highest BCUT2D eigenvalue weighted by molar-refractivity contribution is 9.10. The fourth-order valence-corrected chi connectivity index (χ4v) is 3.09. The van der Waals surface area contributed by atoms with Crippen molar-refractivity contribution in [3.8, 4) is 0 Å². The molecule has 0 unspecified atom stereocenters. The van der Waals surface area contributed by atoms with Crippen molar-refractivity contribution in [2.45, 2.75) is 11.3 Å². The van der Waals surface area contributed by atoms with Crippen molar-refractivity contribution in [1.82, 2.24) is 4.72 Å². The Hall–Kier alpha value is -1.84. The van der Waals surface area contributed by atoms with Gasteiger partial charge < -0.3 is 5.32 Å². The quantitative estimate of drug-likeness (QED) is 0.756. The molecular formula is C15H13BrF2N2O3S. The first-order chi connectivity index (χ1) is 11.3. The normalized spacial score (nSPS) is 11.3. The lowest BCUT2D eigenvalue weighted by Gasteiger charge is -2.08. The molecule has 0 saturated carbocycles. The van der Waals surface area contributed by atoms with Crippen molar-refractivity contribution in [3.05, 3.63) is 58.6 Å². The van der Waals surface area contributed by atoms with Crippen LogP contribution in [0.5, 0.6) is 0 Å². The second kappa shape index (κ2) is 7.82. The molecule has 9 heteroatoms. The summed E-state index contributed by atoms with van der Waals surface area (Å²) in [6, 6.07) is 8.97. The summed E-state index contributed by atoms with van der Waals surface area (Å²) in [4.78, 5) is 11.8. The van der Waals surface area contributed by atoms with E-state index in [4.69, 9.17) is 0 Å². The molecule has 0 aliphatic heterocycles. The number of hydrogen-bond donors (Lipinski definition) is 2. The summed E-state index contributed by atoms with van der Waals surface area (Å²) in [7, 11) is -3.72. The molecule has 0 atom stereocenters. The van der Waals surface area contributed by atoms with Crippen LogP contribution in [0.15, 0.2) is 51.8 Å². The van der Waals surface area contributed by atoms with Crippen LogP contribution in [0.3, 0.4) is 0 Å². The highest BCUT2D eigenvalue weighted by Crippen LogP contribution is 2.15. The van der Waals surface area contributed by atoms with Crippen LogP contribution in [0.25, 0.3) is 0 Å². The van der Waals surface area contributed by atoms with Gasteiger partial charge in [-0.05, 0) is 36.4 Å². The van der Waals surface area contributed by atoms with Crippen LogP contribution in [-0.2, 0) is 14.8 Å². The average Bonchev–Trinajstić information content (AvgIpc) is 2.51. The third-order valence-corrected chi connectivity index (χ3v) is 4.98. The highest BCUT2D eigenvalue weighted by atomic mass is 79.9. The van der Waals surface area contributed by atoms with Gasteiger partial charge in [-0.2, -0.15) is 0 Å². The van der Waals surface area contributed by atoms with E-state index < -0.39 is 27.6 Å². The van der Waals surface area contributed by atoms with E-state index in [1.165, 1.54) is 18.2 Å². The molecule has 0 saturated heterocycles. The van der Waals surface area contributed by atoms with Crippen molar-refractivity contribution < 1.29 is 22.0 Å². The Morgan fingerprint density at radius 2 is 1.71 bits per heavy atom. The molecule has 0 fully saturated rings. The molecule has 2 aromatic rings. The first-order valence-corrected chi connectivity index (χ1v) is 9.06. The van der Waals surface area contributed by atoms with E-state index in [1.54, 1.807) is 12.1 Å². The van der Waals surface area contributed by atoms with E-state index >= 15 is 0 Å². The maximum Gasteiger partial charge on any atom is 0.240 e. The van der Waals surface area contributed by atoms with E-state index in [9.17, 15) is 22.0 Å². The fourth-order valence-electron chi connectivity index (χ4n) is 1.79. The average molecular weight is 419 g/mol. The van der Waals surface area contributed by atoms with Gasteiger partial charge in [-0.15, -0.1) is 0 Å². The summed E-state index contributed by atoms with van der Waals surface area (Å²) in [5.74, 6) is -2.63. The number of amides is 1. The fraction of sp³-hybridized carbons (Fsp3) is 0.133. The molecule has 128 valence electrons. The molecule has 0 aliphatic rings. The van der Waals surface area contributed by atoms with Gasteiger partial charge in [0.2, 0.25) is 15.9 Å². The largest absolute Gasteiger partial charge is 0.326 e. The van der Waals surface area contributed by atoms with Gasteiger partial charge in [-0.25, -0.2) is 21.9 Å². The van der Waals surface area contributed by atoms with Crippen LogP contribution in [-0.4, -0.2) is 20.9 Å². The summed E-state index contributed by atoms with van der Waals surface area (Å²) in [5, 5.41) is 2.36. The molecule has 0 aliphatic carbocycles. The van der Waals surface area contributed by atoms with E-state index in [1.807, 2.05) is 0 Å². The predicted molar refractivity (Wildman–Crippen MR) is 88.9 cm³/mol. The smallest absolute Gasteiger partial charge is 0.240 e. The predicted octanol–water partition coefficient (Wildman–Crippen LogP) is 3.03. The molecule has 0 spiro atoms. The maximum absolute atomic E-state index is 13.0. The molecular weight excluding hydrogens is 406 g/mol. The first-order valence-electron chi connectivity index (χ1n) is 6.78. The number of benzene rings is 2. The van der Waals surface area contributed by atoms with Crippen molar-refractivity contribution in [2.24, 2.45) is 0 Å². The van der Waals surface area contributed by atoms with Crippen LogP contribution in [0, 0.1) is 11.6 Å². The summed E-state index contributed by atoms with van der Waals surface area (Å²) in [6.45, 7) is -0.131. The number of rotatable bonds is 6. The minimum atomic E-state index is -3.72. The molecule has 2 aromatic carbocycles. The highest BCUT2D eigenvalue weighted by Gasteiger charge is 2.14. The Kier molecular flexibility index (Phi) is 6.03. The lowest BCUT2D eigenvalue weighted by Crippen LogP contribution is -2.27. The van der Waals surface area contributed by atoms with E-state index in [0.29, 0.717) is 0 Å². The molecule has 0 bridgehead atoms. The summed E-state index contributed by atoms with van der Waals surface area (Å²) < 4.78 is 52.9. The SMILES string of the molecule is O=C(CCNS(=O)(=O)c1ccc(Br)cc1)Nc1ccc(F)c(F)c1. The van der Waals surface area contributed by atoms with Crippen LogP contribution in [0.1, 0.15) is 6.42 Å². The van der Waals surface area contributed by atoms with Crippen molar-refractivity contribution in [2.75, 3.05) is 11.9 Å². The minimum absolute atomic E-state index is 0.0757. The van der Waals surface area contributed by atoms with Gasteiger partial charge in [-0.1, -0.05) is 15.9 Å². The van der Waals surface area contributed by atoms with Crippen molar-refractivity contribution in [3.63, 3.8) is 0 Å². The van der Waals surface area contributed by atoms with Crippen LogP contribution >= 0.6 is 15.9 Å². The van der Waals surface area contributed by atoms with Gasteiger partial charge in [0.15, 0.2) is 11.6 Å². The second-order valence-corrected chi connectivity index (χ2v) is 7.46. The van der Waals surface area contributed by atoms with E-state index in [0.717, 1.165) is 16.6 Å². The molecule has 24 heavy (non-hydrogen) atoms. The number of sulfonamides is 1. The Labute approximate surface area is 146 Å². The number of halogens is 3. The molecule has 0 heterocycles. The Bertz CT molecular complexity index is 842. The molecule has 1 amide bonds. The van der Waals surface area contributed by atoms with E-state index in [-0.39, 0.29) is 23.5 Å². The van der Waals surface area contributed by atoms with Crippen molar-refractivity contribution in [1.29, 1.82) is 0 Å². The van der Waals surface area contributed by atoms with Gasteiger partial charge in [0.05, 0.1) is 4.90 Å². The zero-order valence-corrected chi connectivity index (χ0v) is 14.6. The zero-order valence-electron chi connectivity index (χ0n) is 12.2. The van der Waals surface area contributed by atoms with Gasteiger partial charge in [0.1, 0.15) is 0 Å². The summed E-state index contributed by atoms with van der Waals surface area (Å²) in [6.07, 6.45) is -0.158. The maximum atomic E-state index is 13.0. The lowest BCUT2D eigenvalue weighted by atomic mass is 10.3. The number of anilines is 1. The topological polar surface area (TPSA) is 75.3 Å². The minimum Gasteiger partial charge on any atom is -0.326 e. The Morgan fingerprint density at radius 3 is 2.33 bits per heavy atom. The van der Waals surface area contributed by atoms with Gasteiger partial charge in [0, 0.05) is 29.2 Å². The van der Waals surface area contributed by atoms with Gasteiger partial charge in [-0.3, -0.25) is 4.79 Å². The molecule has 2 N–H and O–H groups in total. The number of hydrogen-bond acceptors (Lipinski definition) is 3. The monoisotopic (exact) mass is 418 g/mol. The zero-order chi connectivity index (χ0) is 17.7. The number of nitrogens with one attached hydrogen (secondary N) is 2. The van der Waals surface area contributed by atoms with Gasteiger partial charge in [0.25, 0.3) is 0 Å². The van der Waals surface area contributed by atoms with Crippen LogP contribution in [0.2, 0.25) is 0 Å². The second-order valence-electron chi connectivity index (χ2n) is 4.78. The van der Waals surface area contributed by atoms with Crippen LogP contribution in [0.4, 0.5) is 14.5 Å². The van der Waals surface area contributed by atoms with Gasteiger partial charge >= 0.3 is 0 Å². The van der Waals surface area contributed by atoms with Crippen molar-refractivity contribution >= 4 is 37.5 Å². The lowest BCUT2D eigenvalue weighted by molar-refractivity contribution is -0.116. The number of carbonyl (C=O) groups is 1. The van der Waals surface area contributed by atoms with E-state index in [2.05, 4.69) is 26.0 Å². The summed E-state index contributed by atoms with van der Waals surface area (Å²) >= 11 is 3.21. The third-order valence-electron chi connectivity index (χ3n) is 2.97.